The molecule has 0 saturated carbocycles. The third kappa shape index (κ3) is 7.63. The zero-order chi connectivity index (χ0) is 20.3. The molecule has 1 aromatic carbocycles. The van der Waals surface area contributed by atoms with E-state index in [1.54, 1.807) is 0 Å². The molecule has 29 heavy (non-hydrogen) atoms. The summed E-state index contributed by atoms with van der Waals surface area (Å²) in [5.74, 6) is 1.71. The summed E-state index contributed by atoms with van der Waals surface area (Å²) in [4.78, 5) is 10.1. The van der Waals surface area contributed by atoms with E-state index in [-0.39, 0.29) is 0 Å². The van der Waals surface area contributed by atoms with E-state index in [9.17, 15) is 0 Å². The Morgan fingerprint density at radius 3 is 2.48 bits per heavy atom. The second kappa shape index (κ2) is 12.2. The Hall–Kier alpha value is -1.59. The fourth-order valence-corrected chi connectivity index (χ4v) is 4.55. The van der Waals surface area contributed by atoms with Crippen LogP contribution in [0, 0.1) is 5.92 Å². The van der Waals surface area contributed by atoms with Crippen LogP contribution < -0.4 is 10.6 Å². The van der Waals surface area contributed by atoms with Crippen molar-refractivity contribution in [1.29, 1.82) is 0 Å². The van der Waals surface area contributed by atoms with Gasteiger partial charge in [-0.05, 0) is 63.6 Å². The van der Waals surface area contributed by atoms with Crippen LogP contribution in [-0.4, -0.2) is 74.2 Å². The van der Waals surface area contributed by atoms with Crippen molar-refractivity contribution in [2.24, 2.45) is 10.9 Å². The zero-order valence-corrected chi connectivity index (χ0v) is 18.6. The number of benzene rings is 1. The van der Waals surface area contributed by atoms with Crippen LogP contribution in [0.1, 0.15) is 45.1 Å². The molecule has 2 aliphatic heterocycles. The van der Waals surface area contributed by atoms with Gasteiger partial charge in [0.05, 0.1) is 0 Å². The topological polar surface area (TPSA) is 42.9 Å². The molecule has 5 heteroatoms. The zero-order valence-electron chi connectivity index (χ0n) is 18.6. The predicted molar refractivity (Wildman–Crippen MR) is 124 cm³/mol. The molecule has 0 bridgehead atoms. The molecule has 2 saturated heterocycles. The van der Waals surface area contributed by atoms with E-state index in [1.807, 2.05) is 0 Å². The summed E-state index contributed by atoms with van der Waals surface area (Å²) in [6.45, 7) is 13.5. The molecule has 0 radical (unpaired) electrons. The number of rotatable bonds is 9. The highest BCUT2D eigenvalue weighted by Crippen LogP contribution is 2.17. The molecule has 1 aromatic rings. The number of piperidine rings is 1. The minimum atomic E-state index is 0.562. The van der Waals surface area contributed by atoms with Gasteiger partial charge in [0.2, 0.25) is 0 Å². The SMILES string of the molecule is CCCN1CCC(NC(=NCC2CCN(CCc3ccccc3)C2)NCC)CC1. The van der Waals surface area contributed by atoms with Crippen molar-refractivity contribution in [1.82, 2.24) is 20.4 Å². The van der Waals surface area contributed by atoms with E-state index in [1.165, 1.54) is 70.5 Å². The standard InChI is InChI=1S/C24H41N5/c1-3-14-28-17-12-23(13-18-28)27-24(25-4-2)26-19-22-11-16-29(20-22)15-10-21-8-6-5-7-9-21/h5-9,22-23H,3-4,10-20H2,1-2H3,(H2,25,26,27). The Morgan fingerprint density at radius 2 is 1.76 bits per heavy atom. The highest BCUT2D eigenvalue weighted by molar-refractivity contribution is 5.80. The second-order valence-corrected chi connectivity index (χ2v) is 8.67. The smallest absolute Gasteiger partial charge is 0.191 e. The van der Waals surface area contributed by atoms with E-state index >= 15 is 0 Å². The average molecular weight is 400 g/mol. The van der Waals surface area contributed by atoms with Gasteiger partial charge in [-0.1, -0.05) is 37.3 Å². The lowest BCUT2D eigenvalue weighted by Crippen LogP contribution is -2.48. The van der Waals surface area contributed by atoms with E-state index in [0.29, 0.717) is 12.0 Å². The summed E-state index contributed by atoms with van der Waals surface area (Å²) in [6, 6.07) is 11.4. The van der Waals surface area contributed by atoms with Gasteiger partial charge in [0.1, 0.15) is 0 Å². The maximum atomic E-state index is 4.95. The largest absolute Gasteiger partial charge is 0.357 e. The summed E-state index contributed by atoms with van der Waals surface area (Å²) in [5, 5.41) is 7.16. The Bertz CT molecular complexity index is 595. The Kier molecular flexibility index (Phi) is 9.29. The lowest BCUT2D eigenvalue weighted by molar-refractivity contribution is 0.206. The maximum Gasteiger partial charge on any atom is 0.191 e. The lowest BCUT2D eigenvalue weighted by Gasteiger charge is -2.32. The van der Waals surface area contributed by atoms with Crippen LogP contribution in [0.3, 0.4) is 0 Å². The second-order valence-electron chi connectivity index (χ2n) is 8.67. The van der Waals surface area contributed by atoms with Crippen molar-refractivity contribution < 1.29 is 0 Å². The molecule has 0 spiro atoms. The molecule has 0 aliphatic carbocycles. The quantitative estimate of drug-likeness (QED) is 0.495. The van der Waals surface area contributed by atoms with Gasteiger partial charge in [-0.2, -0.15) is 0 Å². The minimum Gasteiger partial charge on any atom is -0.357 e. The number of aliphatic imine (C=N–C) groups is 1. The fourth-order valence-electron chi connectivity index (χ4n) is 4.55. The van der Waals surface area contributed by atoms with Crippen LogP contribution in [-0.2, 0) is 6.42 Å². The molecule has 5 nitrogen and oxygen atoms in total. The molecule has 0 amide bonds. The van der Waals surface area contributed by atoms with E-state index in [4.69, 9.17) is 4.99 Å². The number of likely N-dealkylation sites (tertiary alicyclic amines) is 2. The first-order valence-corrected chi connectivity index (χ1v) is 11.8. The molecule has 1 atom stereocenters. The molecule has 162 valence electrons. The molecule has 1 unspecified atom stereocenters. The van der Waals surface area contributed by atoms with Crippen LogP contribution in [0.5, 0.6) is 0 Å². The average Bonchev–Trinajstić information content (AvgIpc) is 3.21. The van der Waals surface area contributed by atoms with Crippen molar-refractivity contribution in [3.8, 4) is 0 Å². The predicted octanol–water partition coefficient (Wildman–Crippen LogP) is 2.98. The first-order valence-electron chi connectivity index (χ1n) is 11.8. The maximum absolute atomic E-state index is 4.95. The van der Waals surface area contributed by atoms with E-state index in [2.05, 4.69) is 64.6 Å². The van der Waals surface area contributed by atoms with Crippen LogP contribution >= 0.6 is 0 Å². The highest BCUT2D eigenvalue weighted by Gasteiger charge is 2.23. The van der Waals surface area contributed by atoms with Crippen molar-refractivity contribution in [2.45, 2.75) is 52.0 Å². The molecular weight excluding hydrogens is 358 g/mol. The van der Waals surface area contributed by atoms with Gasteiger partial charge in [0.15, 0.2) is 5.96 Å². The summed E-state index contributed by atoms with van der Waals surface area (Å²) in [5.41, 5.74) is 1.44. The number of guanidine groups is 1. The molecule has 2 N–H and O–H groups in total. The monoisotopic (exact) mass is 399 g/mol. The highest BCUT2D eigenvalue weighted by atomic mass is 15.2. The molecule has 3 rings (SSSR count). The summed E-state index contributed by atoms with van der Waals surface area (Å²) < 4.78 is 0. The summed E-state index contributed by atoms with van der Waals surface area (Å²) in [6.07, 6.45) is 6.12. The normalized spacial score (nSPS) is 22.1. The first-order chi connectivity index (χ1) is 14.3. The Labute approximate surface area is 178 Å². The van der Waals surface area contributed by atoms with E-state index < -0.39 is 0 Å². The van der Waals surface area contributed by atoms with Gasteiger partial charge >= 0.3 is 0 Å². The third-order valence-electron chi connectivity index (χ3n) is 6.25. The van der Waals surface area contributed by atoms with Crippen molar-refractivity contribution in [3.63, 3.8) is 0 Å². The number of hydrogen-bond acceptors (Lipinski definition) is 3. The van der Waals surface area contributed by atoms with Crippen LogP contribution in [0.25, 0.3) is 0 Å². The van der Waals surface area contributed by atoms with Gasteiger partial charge in [-0.25, -0.2) is 0 Å². The van der Waals surface area contributed by atoms with Crippen LogP contribution in [0.15, 0.2) is 35.3 Å². The van der Waals surface area contributed by atoms with Gasteiger partial charge in [-0.15, -0.1) is 0 Å². The Balaban J connectivity index is 1.39. The molecule has 2 fully saturated rings. The number of nitrogens with one attached hydrogen (secondary N) is 2. The molecule has 0 aromatic heterocycles. The van der Waals surface area contributed by atoms with Gasteiger partial charge in [0, 0.05) is 45.3 Å². The molecule has 2 heterocycles. The first kappa shape index (κ1) is 22.1. The van der Waals surface area contributed by atoms with Gasteiger partial charge in [0.25, 0.3) is 0 Å². The third-order valence-corrected chi connectivity index (χ3v) is 6.25. The number of hydrogen-bond donors (Lipinski definition) is 2. The lowest BCUT2D eigenvalue weighted by atomic mass is 10.1. The molecule has 2 aliphatic rings. The minimum absolute atomic E-state index is 0.562. The van der Waals surface area contributed by atoms with E-state index in [0.717, 1.165) is 25.5 Å². The van der Waals surface area contributed by atoms with Crippen LogP contribution in [0.4, 0.5) is 0 Å². The Morgan fingerprint density at radius 1 is 1.00 bits per heavy atom. The van der Waals surface area contributed by atoms with Gasteiger partial charge < -0.3 is 20.4 Å². The van der Waals surface area contributed by atoms with Crippen molar-refractivity contribution in [3.05, 3.63) is 35.9 Å². The summed E-state index contributed by atoms with van der Waals surface area (Å²) in [7, 11) is 0. The fraction of sp³-hybridized carbons (Fsp3) is 0.708. The molecular formula is C24H41N5. The van der Waals surface area contributed by atoms with Crippen molar-refractivity contribution >= 4 is 5.96 Å². The van der Waals surface area contributed by atoms with Gasteiger partial charge in [-0.3, -0.25) is 4.99 Å². The summed E-state index contributed by atoms with van der Waals surface area (Å²) >= 11 is 0. The van der Waals surface area contributed by atoms with Crippen molar-refractivity contribution in [2.75, 3.05) is 52.4 Å². The number of nitrogens with zero attached hydrogens (tertiary/aromatic N) is 3. The van der Waals surface area contributed by atoms with Crippen LogP contribution in [0.2, 0.25) is 0 Å².